The van der Waals surface area contributed by atoms with Crippen LogP contribution in [0.15, 0.2) is 88.6 Å². The van der Waals surface area contributed by atoms with E-state index in [1.165, 1.54) is 5.56 Å². The maximum Gasteiger partial charge on any atom is 0.231 e. The van der Waals surface area contributed by atoms with Gasteiger partial charge in [-0.2, -0.15) is 0 Å². The number of halogens is 1. The summed E-state index contributed by atoms with van der Waals surface area (Å²) in [5, 5.41) is 37.6. The van der Waals surface area contributed by atoms with Crippen molar-refractivity contribution in [2.24, 2.45) is 16.8 Å². The summed E-state index contributed by atoms with van der Waals surface area (Å²) in [5.41, 5.74) is 3.36. The van der Waals surface area contributed by atoms with Gasteiger partial charge in [-0.1, -0.05) is 54.6 Å². The van der Waals surface area contributed by atoms with E-state index < -0.39 is 18.3 Å². The van der Waals surface area contributed by atoms with Crippen molar-refractivity contribution in [2.75, 3.05) is 25.0 Å². The molecule has 3 aromatic rings. The molecule has 5 atom stereocenters. The number of carbonyl (C=O) groups excluding carboxylic acids is 2. The Morgan fingerprint density at radius 1 is 1.04 bits per heavy atom. The van der Waals surface area contributed by atoms with Crippen LogP contribution in [0.1, 0.15) is 50.5 Å². The molecule has 0 spiro atoms. The smallest absolute Gasteiger partial charge is 0.231 e. The maximum absolute atomic E-state index is 13.0. The fourth-order valence-electron chi connectivity index (χ4n) is 6.32. The zero-order valence-corrected chi connectivity index (χ0v) is 29.1. The molecule has 2 aromatic carbocycles. The van der Waals surface area contributed by atoms with Crippen molar-refractivity contribution < 1.29 is 24.9 Å². The molecule has 12 heteroatoms. The van der Waals surface area contributed by atoms with Crippen LogP contribution in [0, 0.1) is 11.8 Å². The van der Waals surface area contributed by atoms with Crippen LogP contribution in [0.25, 0.3) is 11.0 Å². The van der Waals surface area contributed by atoms with Gasteiger partial charge in [-0.25, -0.2) is 0 Å². The van der Waals surface area contributed by atoms with E-state index in [2.05, 4.69) is 41.5 Å². The van der Waals surface area contributed by atoms with E-state index in [1.807, 2.05) is 60.7 Å². The van der Waals surface area contributed by atoms with Crippen LogP contribution in [0.3, 0.4) is 0 Å². The molecule has 11 nitrogen and oxygen atoms in total. The fraction of sp³-hybridized carbons (Fsp3) is 0.432. The lowest BCUT2D eigenvalue weighted by atomic mass is 9.89. The summed E-state index contributed by atoms with van der Waals surface area (Å²) in [6, 6.07) is 13.7. The van der Waals surface area contributed by atoms with Crippen LogP contribution in [0.5, 0.6) is 0 Å². The number of amides is 2. The third kappa shape index (κ3) is 10.3. The number of nitrogens with one attached hydrogen (secondary N) is 2. The lowest BCUT2D eigenvalue weighted by Gasteiger charge is -2.20. The van der Waals surface area contributed by atoms with Crippen LogP contribution in [-0.4, -0.2) is 85.9 Å². The highest BCUT2D eigenvalue weighted by Crippen LogP contribution is 2.36. The summed E-state index contributed by atoms with van der Waals surface area (Å²) in [6.07, 6.45) is 13.1. The number of nitrogens with zero attached hydrogens (tertiary/aromatic N) is 4. The Balaban J connectivity index is 0.976. The molecule has 1 saturated carbocycles. The summed E-state index contributed by atoms with van der Waals surface area (Å²) in [5.74, 6) is -0.137. The molecule has 1 aliphatic heterocycles. The molecule has 5 rings (SSSR count). The molecule has 0 radical (unpaired) electrons. The highest BCUT2D eigenvalue weighted by Gasteiger charge is 2.39. The molecular weight excluding hydrogens is 688 g/mol. The predicted octanol–water partition coefficient (Wildman–Crippen LogP) is 4.53. The Labute approximate surface area is 295 Å². The van der Waals surface area contributed by atoms with Crippen molar-refractivity contribution >= 4 is 50.4 Å². The SMILES string of the molecule is O=C(CCC/C=C\C[C@@H]1[C@@H](/C=C/[C@@H](O)CCc2ccccc2)[C@H](O)C[C@@H]1O)NCCC(=O)N1CCN=C1Nc1ccc2nccnc2c1Br. The minimum absolute atomic E-state index is 0.110. The van der Waals surface area contributed by atoms with E-state index in [9.17, 15) is 24.9 Å². The van der Waals surface area contributed by atoms with E-state index >= 15 is 0 Å². The molecular formula is C37H45BrN6O5. The Morgan fingerprint density at radius 3 is 2.69 bits per heavy atom. The average Bonchev–Trinajstić information content (AvgIpc) is 3.68. The second-order valence-electron chi connectivity index (χ2n) is 12.5. The van der Waals surface area contributed by atoms with Gasteiger partial charge in [0.1, 0.15) is 5.52 Å². The van der Waals surface area contributed by atoms with Crippen molar-refractivity contribution in [2.45, 2.75) is 69.7 Å². The normalized spacial score (nSPS) is 21.5. The third-order valence-corrected chi connectivity index (χ3v) is 9.82. The maximum atomic E-state index is 13.0. The van der Waals surface area contributed by atoms with Gasteiger partial charge < -0.3 is 26.0 Å². The van der Waals surface area contributed by atoms with E-state index in [1.54, 1.807) is 23.4 Å². The number of carbonyl (C=O) groups is 2. The van der Waals surface area contributed by atoms with Crippen LogP contribution in [0.4, 0.5) is 5.69 Å². The first-order chi connectivity index (χ1) is 23.8. The number of aliphatic hydroxyl groups is 3. The number of aliphatic hydroxyl groups excluding tert-OH is 3. The van der Waals surface area contributed by atoms with Crippen LogP contribution in [0.2, 0.25) is 0 Å². The number of aliphatic imine (C=N–C) groups is 1. The second kappa shape index (κ2) is 18.1. The highest BCUT2D eigenvalue weighted by atomic mass is 79.9. The fourth-order valence-corrected chi connectivity index (χ4v) is 6.86. The minimum Gasteiger partial charge on any atom is -0.393 e. The number of aryl methyl sites for hydroxylation is 1. The lowest BCUT2D eigenvalue weighted by molar-refractivity contribution is -0.127. The van der Waals surface area contributed by atoms with Gasteiger partial charge >= 0.3 is 0 Å². The monoisotopic (exact) mass is 732 g/mol. The third-order valence-electron chi connectivity index (χ3n) is 9.02. The number of hydrogen-bond donors (Lipinski definition) is 5. The van der Waals surface area contributed by atoms with Gasteiger partial charge in [0, 0.05) is 50.7 Å². The van der Waals surface area contributed by atoms with Crippen molar-refractivity contribution in [3.63, 3.8) is 0 Å². The number of anilines is 1. The predicted molar refractivity (Wildman–Crippen MR) is 194 cm³/mol. The Bertz CT molecular complexity index is 1650. The quantitative estimate of drug-likeness (QED) is 0.113. The van der Waals surface area contributed by atoms with E-state index in [-0.39, 0.29) is 36.6 Å². The molecule has 2 aliphatic rings. The second-order valence-corrected chi connectivity index (χ2v) is 13.3. The number of allylic oxidation sites excluding steroid dienone is 2. The standard InChI is InChI=1S/C37H45BrN6O5/c38-35-29(16-17-30-36(35)41-21-20-39-30)43-37-42-22-23-44(37)34(49)18-19-40-33(48)11-7-2-1-6-10-27-28(32(47)24-31(27)46)15-14-26(45)13-12-25-8-4-3-5-9-25/h1,3-6,8-9,14-17,20-21,26-28,31-32,45-47H,2,7,10-13,18-19,22-24H2,(H,40,48)(H,42,43)/b6-1-,15-14+/t26-,27+,28+,31-,32+/m0/s1. The molecule has 0 unspecified atom stereocenters. The molecule has 1 fully saturated rings. The van der Waals surface area contributed by atoms with Gasteiger partial charge in [-0.3, -0.25) is 29.4 Å². The number of unbranched alkanes of at least 4 members (excludes halogenated alkanes) is 1. The Morgan fingerprint density at radius 2 is 1.86 bits per heavy atom. The number of fused-ring (bicyclic) bond motifs is 1. The summed E-state index contributed by atoms with van der Waals surface area (Å²) in [4.78, 5) is 40.1. The Hall–Kier alpha value is -3.97. The number of benzene rings is 2. The van der Waals surface area contributed by atoms with Crippen molar-refractivity contribution in [1.29, 1.82) is 0 Å². The molecule has 0 bridgehead atoms. The number of rotatable bonds is 15. The topological polar surface area (TPSA) is 160 Å². The van der Waals surface area contributed by atoms with Crippen molar-refractivity contribution in [3.05, 3.63) is 89.2 Å². The van der Waals surface area contributed by atoms with Gasteiger partial charge in [-0.05, 0) is 71.6 Å². The molecule has 49 heavy (non-hydrogen) atoms. The van der Waals surface area contributed by atoms with Crippen molar-refractivity contribution in [3.8, 4) is 0 Å². The van der Waals surface area contributed by atoms with Crippen LogP contribution in [-0.2, 0) is 16.0 Å². The van der Waals surface area contributed by atoms with Crippen LogP contribution < -0.4 is 10.6 Å². The van der Waals surface area contributed by atoms with E-state index in [0.717, 1.165) is 22.1 Å². The number of hydrogen-bond acceptors (Lipinski definition) is 9. The number of guanidine groups is 1. The molecule has 2 amide bonds. The highest BCUT2D eigenvalue weighted by molar-refractivity contribution is 9.10. The summed E-state index contributed by atoms with van der Waals surface area (Å²) < 4.78 is 0.736. The van der Waals surface area contributed by atoms with Crippen molar-refractivity contribution in [1.82, 2.24) is 20.2 Å². The van der Waals surface area contributed by atoms with E-state index in [0.29, 0.717) is 63.1 Å². The zero-order chi connectivity index (χ0) is 34.6. The largest absolute Gasteiger partial charge is 0.393 e. The first kappa shape index (κ1) is 36.3. The zero-order valence-electron chi connectivity index (χ0n) is 27.5. The molecule has 0 saturated heterocycles. The van der Waals surface area contributed by atoms with Gasteiger partial charge in [0.15, 0.2) is 0 Å². The lowest BCUT2D eigenvalue weighted by Crippen LogP contribution is -2.40. The molecule has 260 valence electrons. The van der Waals surface area contributed by atoms with Gasteiger partial charge in [0.05, 0.1) is 40.5 Å². The van der Waals surface area contributed by atoms with Gasteiger partial charge in [0.2, 0.25) is 17.8 Å². The average molecular weight is 734 g/mol. The minimum atomic E-state index is -0.649. The summed E-state index contributed by atoms with van der Waals surface area (Å²) >= 11 is 3.58. The van der Waals surface area contributed by atoms with Gasteiger partial charge in [-0.15, -0.1) is 0 Å². The number of aromatic nitrogens is 2. The molecule has 1 aliphatic carbocycles. The first-order valence-corrected chi connectivity index (χ1v) is 17.8. The van der Waals surface area contributed by atoms with Gasteiger partial charge in [0.25, 0.3) is 0 Å². The molecule has 1 aromatic heterocycles. The first-order valence-electron chi connectivity index (χ1n) is 17.0. The summed E-state index contributed by atoms with van der Waals surface area (Å²) in [6.45, 7) is 1.20. The molecule has 5 N–H and O–H groups in total. The summed E-state index contributed by atoms with van der Waals surface area (Å²) in [7, 11) is 0. The Kier molecular flexibility index (Phi) is 13.4. The van der Waals surface area contributed by atoms with E-state index in [4.69, 9.17) is 0 Å². The van der Waals surface area contributed by atoms with Crippen LogP contribution >= 0.6 is 15.9 Å². The molecule has 2 heterocycles.